The summed E-state index contributed by atoms with van der Waals surface area (Å²) in [6.45, 7) is 0.753. The van der Waals surface area contributed by atoms with Crippen molar-refractivity contribution in [3.63, 3.8) is 0 Å². The van der Waals surface area contributed by atoms with Gasteiger partial charge in [0.15, 0.2) is 0 Å². The lowest BCUT2D eigenvalue weighted by Gasteiger charge is -2.01. The standard InChI is InChI=1S/C15H17N3/c16-9-4-3-7-14-15-12(8-10-17-14)11-5-1-2-6-13(11)18-15/h1-2,5-6,8,10,18H,3-4,7,9,16H2. The van der Waals surface area contributed by atoms with Gasteiger partial charge in [0.2, 0.25) is 0 Å². The van der Waals surface area contributed by atoms with Gasteiger partial charge in [-0.05, 0) is 37.9 Å². The highest BCUT2D eigenvalue weighted by atomic mass is 14.8. The fraction of sp³-hybridized carbons (Fsp3) is 0.267. The predicted molar refractivity (Wildman–Crippen MR) is 75.6 cm³/mol. The third-order valence-corrected chi connectivity index (χ3v) is 3.37. The summed E-state index contributed by atoms with van der Waals surface area (Å²) in [6.07, 6.45) is 5.04. The van der Waals surface area contributed by atoms with Crippen molar-refractivity contribution in [3.8, 4) is 0 Å². The highest BCUT2D eigenvalue weighted by Gasteiger charge is 2.07. The van der Waals surface area contributed by atoms with Gasteiger partial charge in [0.1, 0.15) is 0 Å². The number of fused-ring (bicyclic) bond motifs is 3. The van der Waals surface area contributed by atoms with Gasteiger partial charge < -0.3 is 10.7 Å². The Morgan fingerprint density at radius 2 is 1.94 bits per heavy atom. The second-order valence-corrected chi connectivity index (χ2v) is 4.60. The Hall–Kier alpha value is -1.87. The average molecular weight is 239 g/mol. The van der Waals surface area contributed by atoms with Crippen LogP contribution in [0.4, 0.5) is 0 Å². The molecule has 0 aliphatic heterocycles. The Morgan fingerprint density at radius 3 is 2.83 bits per heavy atom. The molecule has 0 bridgehead atoms. The number of aromatic amines is 1. The highest BCUT2D eigenvalue weighted by Crippen LogP contribution is 2.26. The minimum Gasteiger partial charge on any atom is -0.353 e. The van der Waals surface area contributed by atoms with Crippen LogP contribution in [0, 0.1) is 0 Å². The van der Waals surface area contributed by atoms with Gasteiger partial charge in [0.05, 0.1) is 11.2 Å². The Labute approximate surface area is 106 Å². The van der Waals surface area contributed by atoms with Crippen LogP contribution in [0.1, 0.15) is 18.5 Å². The van der Waals surface area contributed by atoms with Crippen molar-refractivity contribution in [2.75, 3.05) is 6.54 Å². The summed E-state index contributed by atoms with van der Waals surface area (Å²) < 4.78 is 0. The fourth-order valence-electron chi connectivity index (χ4n) is 2.46. The number of nitrogens with one attached hydrogen (secondary N) is 1. The first-order valence-corrected chi connectivity index (χ1v) is 6.44. The van der Waals surface area contributed by atoms with E-state index in [-0.39, 0.29) is 0 Å². The first-order chi connectivity index (χ1) is 8.90. The molecule has 3 heteroatoms. The van der Waals surface area contributed by atoms with Gasteiger partial charge in [-0.25, -0.2) is 0 Å². The van der Waals surface area contributed by atoms with Crippen molar-refractivity contribution in [2.24, 2.45) is 5.73 Å². The summed E-state index contributed by atoms with van der Waals surface area (Å²) in [5.74, 6) is 0. The molecule has 0 aliphatic rings. The van der Waals surface area contributed by atoms with Crippen LogP contribution in [0.3, 0.4) is 0 Å². The maximum Gasteiger partial charge on any atom is 0.0684 e. The first-order valence-electron chi connectivity index (χ1n) is 6.44. The van der Waals surface area contributed by atoms with E-state index < -0.39 is 0 Å². The molecule has 3 N–H and O–H groups in total. The number of H-pyrrole nitrogens is 1. The molecule has 0 radical (unpaired) electrons. The third kappa shape index (κ3) is 1.87. The van der Waals surface area contributed by atoms with E-state index in [1.54, 1.807) is 0 Å². The van der Waals surface area contributed by atoms with Gasteiger partial charge in [-0.15, -0.1) is 0 Å². The Bertz CT molecular complexity index is 670. The summed E-state index contributed by atoms with van der Waals surface area (Å²) in [5.41, 5.74) is 9.05. The predicted octanol–water partition coefficient (Wildman–Crippen LogP) is 3.00. The molecule has 0 atom stereocenters. The SMILES string of the molecule is NCCCCc1nccc2c1[nH]c1ccccc12. The number of nitrogens with two attached hydrogens (primary N) is 1. The summed E-state index contributed by atoms with van der Waals surface area (Å²) in [6, 6.07) is 10.5. The van der Waals surface area contributed by atoms with Crippen LogP contribution >= 0.6 is 0 Å². The Kier molecular flexibility index (Phi) is 2.99. The van der Waals surface area contributed by atoms with Gasteiger partial charge >= 0.3 is 0 Å². The molecule has 3 rings (SSSR count). The van der Waals surface area contributed by atoms with E-state index in [2.05, 4.69) is 40.3 Å². The molecule has 18 heavy (non-hydrogen) atoms. The molecule has 0 fully saturated rings. The smallest absolute Gasteiger partial charge is 0.0684 e. The molecule has 0 amide bonds. The topological polar surface area (TPSA) is 54.7 Å². The molecule has 0 saturated carbocycles. The van der Waals surface area contributed by atoms with Gasteiger partial charge in [0, 0.05) is 22.5 Å². The molecular formula is C15H17N3. The number of nitrogens with zero attached hydrogens (tertiary/aromatic N) is 1. The van der Waals surface area contributed by atoms with Crippen molar-refractivity contribution in [1.29, 1.82) is 0 Å². The quantitative estimate of drug-likeness (QED) is 0.688. The lowest BCUT2D eigenvalue weighted by Crippen LogP contribution is -2.00. The minimum absolute atomic E-state index is 0.753. The van der Waals surface area contributed by atoms with E-state index in [0.29, 0.717) is 0 Å². The number of para-hydroxylation sites is 1. The summed E-state index contributed by atoms with van der Waals surface area (Å²) >= 11 is 0. The molecule has 3 nitrogen and oxygen atoms in total. The molecular weight excluding hydrogens is 222 g/mol. The van der Waals surface area contributed by atoms with E-state index in [9.17, 15) is 0 Å². The highest BCUT2D eigenvalue weighted by molar-refractivity contribution is 6.07. The van der Waals surface area contributed by atoms with Crippen LogP contribution < -0.4 is 5.73 Å². The molecule has 0 spiro atoms. The number of hydrogen-bond acceptors (Lipinski definition) is 2. The first kappa shape index (κ1) is 11.2. The lowest BCUT2D eigenvalue weighted by molar-refractivity contribution is 0.735. The van der Waals surface area contributed by atoms with Crippen LogP contribution in [0.2, 0.25) is 0 Å². The van der Waals surface area contributed by atoms with E-state index in [1.807, 2.05) is 6.20 Å². The zero-order valence-corrected chi connectivity index (χ0v) is 10.3. The number of rotatable bonds is 4. The molecule has 0 saturated heterocycles. The van der Waals surface area contributed by atoms with E-state index in [1.165, 1.54) is 21.8 Å². The van der Waals surface area contributed by atoms with Crippen LogP contribution in [-0.2, 0) is 6.42 Å². The van der Waals surface area contributed by atoms with Gasteiger partial charge in [-0.3, -0.25) is 4.98 Å². The molecule has 1 aromatic carbocycles. The summed E-state index contributed by atoms with van der Waals surface area (Å²) in [5, 5.41) is 2.54. The van der Waals surface area contributed by atoms with Crippen LogP contribution in [0.25, 0.3) is 21.8 Å². The molecule has 0 aliphatic carbocycles. The number of unbranched alkanes of at least 4 members (excludes halogenated alkanes) is 1. The maximum atomic E-state index is 5.54. The van der Waals surface area contributed by atoms with Crippen LogP contribution in [0.15, 0.2) is 36.5 Å². The molecule has 2 heterocycles. The second kappa shape index (κ2) is 4.78. The molecule has 0 unspecified atom stereocenters. The van der Waals surface area contributed by atoms with Gasteiger partial charge in [-0.1, -0.05) is 18.2 Å². The molecule has 3 aromatic rings. The van der Waals surface area contributed by atoms with Crippen molar-refractivity contribution in [1.82, 2.24) is 9.97 Å². The number of aryl methyl sites for hydroxylation is 1. The fourth-order valence-corrected chi connectivity index (χ4v) is 2.46. The largest absolute Gasteiger partial charge is 0.353 e. The molecule has 2 aromatic heterocycles. The second-order valence-electron chi connectivity index (χ2n) is 4.60. The maximum absolute atomic E-state index is 5.54. The monoisotopic (exact) mass is 239 g/mol. The van der Waals surface area contributed by atoms with Crippen molar-refractivity contribution in [2.45, 2.75) is 19.3 Å². The van der Waals surface area contributed by atoms with E-state index in [0.717, 1.165) is 31.5 Å². The van der Waals surface area contributed by atoms with Crippen LogP contribution in [0.5, 0.6) is 0 Å². The van der Waals surface area contributed by atoms with Crippen molar-refractivity contribution in [3.05, 3.63) is 42.2 Å². The van der Waals surface area contributed by atoms with Gasteiger partial charge in [-0.2, -0.15) is 0 Å². The van der Waals surface area contributed by atoms with Crippen molar-refractivity contribution < 1.29 is 0 Å². The summed E-state index contributed by atoms with van der Waals surface area (Å²) in [7, 11) is 0. The Morgan fingerprint density at radius 1 is 1.06 bits per heavy atom. The third-order valence-electron chi connectivity index (χ3n) is 3.37. The number of aromatic nitrogens is 2. The van der Waals surface area contributed by atoms with E-state index in [4.69, 9.17) is 5.73 Å². The number of benzene rings is 1. The van der Waals surface area contributed by atoms with Crippen molar-refractivity contribution >= 4 is 21.8 Å². The Balaban J connectivity index is 2.09. The zero-order chi connectivity index (χ0) is 12.4. The zero-order valence-electron chi connectivity index (χ0n) is 10.3. The van der Waals surface area contributed by atoms with E-state index >= 15 is 0 Å². The number of hydrogen-bond donors (Lipinski definition) is 2. The number of pyridine rings is 1. The van der Waals surface area contributed by atoms with Gasteiger partial charge in [0.25, 0.3) is 0 Å². The van der Waals surface area contributed by atoms with Crippen LogP contribution in [-0.4, -0.2) is 16.5 Å². The minimum atomic E-state index is 0.753. The average Bonchev–Trinajstić information content (AvgIpc) is 2.79. The molecule has 92 valence electrons. The normalized spacial score (nSPS) is 11.4. The summed E-state index contributed by atoms with van der Waals surface area (Å²) in [4.78, 5) is 7.98. The lowest BCUT2D eigenvalue weighted by atomic mass is 10.1.